The number of aromatic nitrogens is 1. The summed E-state index contributed by atoms with van der Waals surface area (Å²) in [5, 5.41) is 3.50. The van der Waals surface area contributed by atoms with E-state index in [4.69, 9.17) is 4.74 Å². The van der Waals surface area contributed by atoms with E-state index in [0.29, 0.717) is 6.10 Å². The van der Waals surface area contributed by atoms with Crippen LogP contribution in [0.4, 0.5) is 5.82 Å². The summed E-state index contributed by atoms with van der Waals surface area (Å²) in [6.07, 6.45) is 4.69. The third-order valence-electron chi connectivity index (χ3n) is 3.79. The molecule has 21 heavy (non-hydrogen) atoms. The smallest absolute Gasteiger partial charge is 0.131 e. The fourth-order valence-electron chi connectivity index (χ4n) is 2.67. The number of anilines is 1. The van der Waals surface area contributed by atoms with Gasteiger partial charge < -0.3 is 15.0 Å². The molecule has 1 atom stereocenters. The van der Waals surface area contributed by atoms with E-state index in [9.17, 15) is 0 Å². The molecule has 4 nitrogen and oxygen atoms in total. The molecular weight excluding hydrogens is 262 g/mol. The summed E-state index contributed by atoms with van der Waals surface area (Å²) in [5.41, 5.74) is 2.59. The van der Waals surface area contributed by atoms with E-state index in [2.05, 4.69) is 56.0 Å². The molecule has 0 bridgehead atoms. The van der Waals surface area contributed by atoms with E-state index in [0.717, 1.165) is 31.9 Å². The Hall–Kier alpha value is -1.13. The summed E-state index contributed by atoms with van der Waals surface area (Å²) in [7, 11) is 2.10. The summed E-state index contributed by atoms with van der Waals surface area (Å²) >= 11 is 0. The highest BCUT2D eigenvalue weighted by atomic mass is 16.5. The Morgan fingerprint density at radius 2 is 2.19 bits per heavy atom. The summed E-state index contributed by atoms with van der Waals surface area (Å²) in [5.74, 6) is 1.06. The maximum absolute atomic E-state index is 5.71. The fourth-order valence-corrected chi connectivity index (χ4v) is 2.67. The Balaban J connectivity index is 1.97. The number of likely N-dealkylation sites (N-methyl/N-ethyl adjacent to an activating group) is 1. The standard InChI is InChI=1S/C17H29N3O/c1-13-9-14(11-19-17(2,3)4)10-18-16(13)20(5)12-15-7-6-8-21-15/h9-10,15,19H,6-8,11-12H2,1-5H3. The summed E-state index contributed by atoms with van der Waals surface area (Å²) in [6.45, 7) is 11.4. The van der Waals surface area contributed by atoms with Gasteiger partial charge in [0.25, 0.3) is 0 Å². The molecule has 0 radical (unpaired) electrons. The quantitative estimate of drug-likeness (QED) is 0.905. The lowest BCUT2D eigenvalue weighted by Crippen LogP contribution is -2.35. The van der Waals surface area contributed by atoms with Crippen LogP contribution in [0, 0.1) is 6.92 Å². The van der Waals surface area contributed by atoms with Crippen LogP contribution in [0.15, 0.2) is 12.3 Å². The molecule has 1 aliphatic heterocycles. The summed E-state index contributed by atoms with van der Waals surface area (Å²) < 4.78 is 5.71. The second kappa shape index (κ2) is 6.75. The zero-order valence-corrected chi connectivity index (χ0v) is 14.1. The Morgan fingerprint density at radius 3 is 2.76 bits per heavy atom. The molecule has 118 valence electrons. The normalized spacial score (nSPS) is 19.0. The van der Waals surface area contributed by atoms with E-state index in [1.807, 2.05) is 6.20 Å². The van der Waals surface area contributed by atoms with Gasteiger partial charge in [0.2, 0.25) is 0 Å². The second-order valence-electron chi connectivity index (χ2n) is 7.10. The fraction of sp³-hybridized carbons (Fsp3) is 0.706. The molecule has 2 rings (SSSR count). The summed E-state index contributed by atoms with van der Waals surface area (Å²) in [6, 6.07) is 2.23. The number of nitrogens with zero attached hydrogens (tertiary/aromatic N) is 2. The predicted molar refractivity (Wildman–Crippen MR) is 87.8 cm³/mol. The van der Waals surface area contributed by atoms with Crippen LogP contribution in [0.5, 0.6) is 0 Å². The number of ether oxygens (including phenoxy) is 1. The monoisotopic (exact) mass is 291 g/mol. The molecule has 1 aromatic heterocycles. The minimum atomic E-state index is 0.128. The predicted octanol–water partition coefficient (Wildman–Crippen LogP) is 2.89. The van der Waals surface area contributed by atoms with Gasteiger partial charge in [0.05, 0.1) is 6.10 Å². The first-order chi connectivity index (χ1) is 9.85. The van der Waals surface area contributed by atoms with Crippen molar-refractivity contribution in [2.45, 2.75) is 58.7 Å². The molecule has 0 aliphatic carbocycles. The highest BCUT2D eigenvalue weighted by Gasteiger charge is 2.19. The molecule has 0 amide bonds. The number of hydrogen-bond donors (Lipinski definition) is 1. The molecule has 1 saturated heterocycles. The largest absolute Gasteiger partial charge is 0.376 e. The van der Waals surface area contributed by atoms with Crippen molar-refractivity contribution in [1.29, 1.82) is 0 Å². The average molecular weight is 291 g/mol. The van der Waals surface area contributed by atoms with Gasteiger partial charge in [-0.05, 0) is 57.7 Å². The van der Waals surface area contributed by atoms with Gasteiger partial charge in [-0.25, -0.2) is 4.98 Å². The number of pyridine rings is 1. The maximum atomic E-state index is 5.71. The van der Waals surface area contributed by atoms with Gasteiger partial charge in [0.15, 0.2) is 0 Å². The minimum absolute atomic E-state index is 0.128. The van der Waals surface area contributed by atoms with Crippen LogP contribution >= 0.6 is 0 Å². The van der Waals surface area contributed by atoms with Crippen LogP contribution in [0.25, 0.3) is 0 Å². The van der Waals surface area contributed by atoms with Crippen LogP contribution in [-0.2, 0) is 11.3 Å². The lowest BCUT2D eigenvalue weighted by atomic mass is 10.1. The zero-order valence-electron chi connectivity index (χ0n) is 14.1. The van der Waals surface area contributed by atoms with Crippen LogP contribution in [0.2, 0.25) is 0 Å². The van der Waals surface area contributed by atoms with Gasteiger partial charge in [-0.2, -0.15) is 0 Å². The Bertz CT molecular complexity index is 462. The van der Waals surface area contributed by atoms with Crippen LogP contribution in [0.1, 0.15) is 44.7 Å². The van der Waals surface area contributed by atoms with Crippen LogP contribution in [-0.4, -0.2) is 36.8 Å². The van der Waals surface area contributed by atoms with E-state index in [-0.39, 0.29) is 5.54 Å². The van der Waals surface area contributed by atoms with Gasteiger partial charge in [0, 0.05) is 38.5 Å². The first kappa shape index (κ1) is 16.2. The van der Waals surface area contributed by atoms with E-state index < -0.39 is 0 Å². The van der Waals surface area contributed by atoms with E-state index in [1.54, 1.807) is 0 Å². The molecule has 2 heterocycles. The molecule has 1 N–H and O–H groups in total. The first-order valence-corrected chi connectivity index (χ1v) is 7.88. The molecule has 0 saturated carbocycles. The van der Waals surface area contributed by atoms with Crippen molar-refractivity contribution in [1.82, 2.24) is 10.3 Å². The highest BCUT2D eigenvalue weighted by molar-refractivity contribution is 5.46. The van der Waals surface area contributed by atoms with E-state index in [1.165, 1.54) is 17.5 Å². The maximum Gasteiger partial charge on any atom is 0.131 e. The van der Waals surface area contributed by atoms with Crippen molar-refractivity contribution in [3.05, 3.63) is 23.4 Å². The van der Waals surface area contributed by atoms with Crippen molar-refractivity contribution in [3.63, 3.8) is 0 Å². The molecular formula is C17H29N3O. The molecule has 0 spiro atoms. The number of hydrogen-bond acceptors (Lipinski definition) is 4. The molecule has 1 aliphatic rings. The molecule has 1 fully saturated rings. The van der Waals surface area contributed by atoms with Crippen molar-refractivity contribution in [3.8, 4) is 0 Å². The van der Waals surface area contributed by atoms with Crippen LogP contribution < -0.4 is 10.2 Å². The topological polar surface area (TPSA) is 37.4 Å². The molecule has 0 aromatic carbocycles. The molecule has 4 heteroatoms. The number of rotatable bonds is 5. The highest BCUT2D eigenvalue weighted by Crippen LogP contribution is 2.20. The molecule has 1 unspecified atom stereocenters. The zero-order chi connectivity index (χ0) is 15.5. The van der Waals surface area contributed by atoms with Crippen LogP contribution in [0.3, 0.4) is 0 Å². The Kier molecular flexibility index (Phi) is 5.22. The molecule has 1 aromatic rings. The number of nitrogens with one attached hydrogen (secondary N) is 1. The van der Waals surface area contributed by atoms with Crippen molar-refractivity contribution in [2.24, 2.45) is 0 Å². The Labute approximate surface area is 128 Å². The first-order valence-electron chi connectivity index (χ1n) is 7.88. The van der Waals surface area contributed by atoms with Crippen molar-refractivity contribution in [2.75, 3.05) is 25.1 Å². The van der Waals surface area contributed by atoms with Gasteiger partial charge in [0.1, 0.15) is 5.82 Å². The minimum Gasteiger partial charge on any atom is -0.376 e. The van der Waals surface area contributed by atoms with Gasteiger partial charge >= 0.3 is 0 Å². The van der Waals surface area contributed by atoms with Gasteiger partial charge in [-0.15, -0.1) is 0 Å². The van der Waals surface area contributed by atoms with E-state index >= 15 is 0 Å². The third-order valence-corrected chi connectivity index (χ3v) is 3.79. The second-order valence-corrected chi connectivity index (χ2v) is 7.10. The number of aryl methyl sites for hydroxylation is 1. The Morgan fingerprint density at radius 1 is 1.43 bits per heavy atom. The lowest BCUT2D eigenvalue weighted by molar-refractivity contribution is 0.116. The van der Waals surface area contributed by atoms with Crippen molar-refractivity contribution >= 4 is 5.82 Å². The third kappa shape index (κ3) is 4.97. The van der Waals surface area contributed by atoms with Gasteiger partial charge in [-0.3, -0.25) is 0 Å². The van der Waals surface area contributed by atoms with Crippen molar-refractivity contribution < 1.29 is 4.74 Å². The summed E-state index contributed by atoms with van der Waals surface area (Å²) in [4.78, 5) is 6.87. The average Bonchev–Trinajstić information content (AvgIpc) is 2.88. The van der Waals surface area contributed by atoms with Gasteiger partial charge in [-0.1, -0.05) is 0 Å². The lowest BCUT2D eigenvalue weighted by Gasteiger charge is -2.24. The SMILES string of the molecule is Cc1cc(CNC(C)(C)C)cnc1N(C)CC1CCCO1.